The highest BCUT2D eigenvalue weighted by Gasteiger charge is 2.60. The summed E-state index contributed by atoms with van der Waals surface area (Å²) in [6.07, 6.45) is -0.00639. The van der Waals surface area contributed by atoms with E-state index in [1.54, 1.807) is 0 Å². The first-order chi connectivity index (χ1) is 9.95. The highest BCUT2D eigenvalue weighted by atomic mass is 16.3. The molecule has 2 heterocycles. The molecule has 2 saturated heterocycles. The zero-order valence-corrected chi connectivity index (χ0v) is 10.8. The maximum Gasteiger partial charge on any atom is 0.328 e. The molecule has 0 aliphatic carbocycles. The number of imide groups is 2. The van der Waals surface area contributed by atoms with Crippen LogP contribution in [0.25, 0.3) is 0 Å². The lowest BCUT2D eigenvalue weighted by Gasteiger charge is -2.37. The lowest BCUT2D eigenvalue weighted by Crippen LogP contribution is -2.72. The number of urea groups is 1. The van der Waals surface area contributed by atoms with Crippen molar-refractivity contribution in [1.82, 2.24) is 10.6 Å². The molecular weight excluding hydrogens is 278 g/mol. The van der Waals surface area contributed by atoms with Gasteiger partial charge in [-0.25, -0.2) is 4.79 Å². The number of phenolic OH excluding ortho intramolecular Hbond substituents is 1. The lowest BCUT2D eigenvalue weighted by atomic mass is 9.91. The molecule has 1 aromatic rings. The second kappa shape index (κ2) is 4.30. The van der Waals surface area contributed by atoms with Gasteiger partial charge >= 0.3 is 6.03 Å². The van der Waals surface area contributed by atoms with Crippen LogP contribution >= 0.6 is 0 Å². The number of carbonyl (C=O) groups excluding carboxylic acids is 4. The molecule has 3 N–H and O–H groups in total. The van der Waals surface area contributed by atoms with E-state index in [9.17, 15) is 24.3 Å². The Morgan fingerprint density at radius 2 is 1.57 bits per heavy atom. The highest BCUT2D eigenvalue weighted by Crippen LogP contribution is 2.37. The number of hydrogen-bond donors (Lipinski definition) is 3. The number of hydrogen-bond acceptors (Lipinski definition) is 5. The molecule has 3 rings (SSSR count). The summed E-state index contributed by atoms with van der Waals surface area (Å²) in [6, 6.07) is 4.64. The van der Waals surface area contributed by atoms with Crippen LogP contribution in [0.5, 0.6) is 5.75 Å². The van der Waals surface area contributed by atoms with Crippen molar-refractivity contribution in [2.75, 3.05) is 4.90 Å². The molecular formula is C13H11N3O5. The van der Waals surface area contributed by atoms with Crippen molar-refractivity contribution in [1.29, 1.82) is 0 Å². The molecule has 2 aliphatic rings. The Morgan fingerprint density at radius 3 is 2.14 bits per heavy atom. The van der Waals surface area contributed by atoms with Gasteiger partial charge in [0.05, 0.1) is 0 Å². The number of carbonyl (C=O) groups is 4. The summed E-state index contributed by atoms with van der Waals surface area (Å²) in [4.78, 5) is 48.8. The van der Waals surface area contributed by atoms with Gasteiger partial charge in [-0.1, -0.05) is 0 Å². The number of benzene rings is 1. The monoisotopic (exact) mass is 289 g/mol. The molecule has 8 heteroatoms. The van der Waals surface area contributed by atoms with Gasteiger partial charge in [-0.3, -0.25) is 29.9 Å². The Hall–Kier alpha value is -2.90. The standard InChI is InChI=1S/C13H11N3O5/c17-8-3-1-7(2-4-8)16-9(18)5-6-13(16)10(19)14-12(21)15-11(13)20/h1-4,17H,5-6H2,(H2,14,15,19,20,21). The third-order valence-corrected chi connectivity index (χ3v) is 3.65. The van der Waals surface area contributed by atoms with Crippen LogP contribution in [0.15, 0.2) is 24.3 Å². The third-order valence-electron chi connectivity index (χ3n) is 3.65. The fourth-order valence-corrected chi connectivity index (χ4v) is 2.67. The Morgan fingerprint density at radius 1 is 1.00 bits per heavy atom. The first-order valence-electron chi connectivity index (χ1n) is 6.24. The molecule has 108 valence electrons. The van der Waals surface area contributed by atoms with E-state index in [1.807, 2.05) is 10.6 Å². The predicted molar refractivity (Wildman–Crippen MR) is 69.2 cm³/mol. The molecule has 0 bridgehead atoms. The number of barbiturate groups is 1. The minimum Gasteiger partial charge on any atom is -0.508 e. The maximum atomic E-state index is 12.2. The molecule has 0 unspecified atom stereocenters. The second-order valence-corrected chi connectivity index (χ2v) is 4.84. The minimum atomic E-state index is -1.76. The highest BCUT2D eigenvalue weighted by molar-refractivity contribution is 6.28. The topological polar surface area (TPSA) is 116 Å². The molecule has 5 amide bonds. The summed E-state index contributed by atoms with van der Waals surface area (Å²) in [7, 11) is 0. The van der Waals surface area contributed by atoms with E-state index >= 15 is 0 Å². The van der Waals surface area contributed by atoms with Gasteiger partial charge in [-0.15, -0.1) is 0 Å². The van der Waals surface area contributed by atoms with Gasteiger partial charge in [-0.05, 0) is 30.7 Å². The number of rotatable bonds is 1. The van der Waals surface area contributed by atoms with Crippen LogP contribution in [0.4, 0.5) is 10.5 Å². The summed E-state index contributed by atoms with van der Waals surface area (Å²) in [5.74, 6) is -2.06. The van der Waals surface area contributed by atoms with Crippen LogP contribution in [0.1, 0.15) is 12.8 Å². The summed E-state index contributed by atoms with van der Waals surface area (Å²) in [6.45, 7) is 0. The van der Waals surface area contributed by atoms with Crippen LogP contribution in [-0.2, 0) is 14.4 Å². The van der Waals surface area contributed by atoms with Gasteiger partial charge < -0.3 is 5.11 Å². The first-order valence-corrected chi connectivity index (χ1v) is 6.24. The molecule has 2 aliphatic heterocycles. The van der Waals surface area contributed by atoms with E-state index in [0.717, 1.165) is 4.90 Å². The second-order valence-electron chi connectivity index (χ2n) is 4.84. The van der Waals surface area contributed by atoms with Crippen LogP contribution in [-0.4, -0.2) is 34.4 Å². The van der Waals surface area contributed by atoms with Crippen LogP contribution in [0, 0.1) is 0 Å². The van der Waals surface area contributed by atoms with Crippen molar-refractivity contribution in [3.8, 4) is 5.75 Å². The van der Waals surface area contributed by atoms with Crippen LogP contribution < -0.4 is 15.5 Å². The van der Waals surface area contributed by atoms with Gasteiger partial charge in [-0.2, -0.15) is 0 Å². The van der Waals surface area contributed by atoms with Crippen molar-refractivity contribution in [2.45, 2.75) is 18.4 Å². The van der Waals surface area contributed by atoms with Gasteiger partial charge in [0.25, 0.3) is 11.8 Å². The average molecular weight is 289 g/mol. The third kappa shape index (κ3) is 1.76. The summed E-state index contributed by atoms with van der Waals surface area (Å²) in [5, 5.41) is 13.3. The van der Waals surface area contributed by atoms with Crippen molar-refractivity contribution in [3.05, 3.63) is 24.3 Å². The van der Waals surface area contributed by atoms with Crippen LogP contribution in [0.3, 0.4) is 0 Å². The van der Waals surface area contributed by atoms with Gasteiger partial charge in [0.2, 0.25) is 11.4 Å². The number of amides is 5. The van der Waals surface area contributed by atoms with E-state index in [2.05, 4.69) is 0 Å². The molecule has 8 nitrogen and oxygen atoms in total. The van der Waals surface area contributed by atoms with Crippen molar-refractivity contribution >= 4 is 29.4 Å². The van der Waals surface area contributed by atoms with Gasteiger partial charge in [0.1, 0.15) is 5.75 Å². The van der Waals surface area contributed by atoms with Gasteiger partial charge in [0, 0.05) is 12.1 Å². The van der Waals surface area contributed by atoms with E-state index in [-0.39, 0.29) is 18.6 Å². The molecule has 1 aromatic carbocycles. The summed E-state index contributed by atoms with van der Waals surface area (Å²) < 4.78 is 0. The van der Waals surface area contributed by atoms with Crippen molar-refractivity contribution in [2.24, 2.45) is 0 Å². The Labute approximate surface area is 118 Å². The Kier molecular flexibility index (Phi) is 2.68. The maximum absolute atomic E-state index is 12.2. The van der Waals surface area contributed by atoms with E-state index in [0.29, 0.717) is 5.69 Å². The first kappa shape index (κ1) is 13.1. The van der Waals surface area contributed by atoms with Crippen LogP contribution in [0.2, 0.25) is 0 Å². The Balaban J connectivity index is 2.10. The number of nitrogens with zero attached hydrogens (tertiary/aromatic N) is 1. The van der Waals surface area contributed by atoms with E-state index in [4.69, 9.17) is 0 Å². The average Bonchev–Trinajstić information content (AvgIpc) is 2.77. The smallest absolute Gasteiger partial charge is 0.328 e. The molecule has 1 spiro atoms. The fraction of sp³-hybridized carbons (Fsp3) is 0.231. The molecule has 0 saturated carbocycles. The lowest BCUT2D eigenvalue weighted by molar-refractivity contribution is -0.138. The number of aromatic hydroxyl groups is 1. The SMILES string of the molecule is O=C1NC(=O)C2(CCC(=O)N2c2ccc(O)cc2)C(=O)N1. The molecule has 0 atom stereocenters. The zero-order chi connectivity index (χ0) is 15.2. The fourth-order valence-electron chi connectivity index (χ4n) is 2.67. The molecule has 0 aromatic heterocycles. The Bertz CT molecular complexity index is 647. The predicted octanol–water partition coefficient (Wildman–Crippen LogP) is -0.376. The summed E-state index contributed by atoms with van der Waals surface area (Å²) >= 11 is 0. The molecule has 0 radical (unpaired) electrons. The number of anilines is 1. The number of nitrogens with one attached hydrogen (secondary N) is 2. The summed E-state index contributed by atoms with van der Waals surface area (Å²) in [5.41, 5.74) is -1.46. The van der Waals surface area contributed by atoms with E-state index < -0.39 is 29.3 Å². The largest absolute Gasteiger partial charge is 0.508 e. The van der Waals surface area contributed by atoms with E-state index in [1.165, 1.54) is 24.3 Å². The van der Waals surface area contributed by atoms with Crippen molar-refractivity contribution < 1.29 is 24.3 Å². The zero-order valence-electron chi connectivity index (χ0n) is 10.8. The molecule has 21 heavy (non-hydrogen) atoms. The van der Waals surface area contributed by atoms with Crippen molar-refractivity contribution in [3.63, 3.8) is 0 Å². The normalized spacial score (nSPS) is 20.7. The van der Waals surface area contributed by atoms with Gasteiger partial charge in [0.15, 0.2) is 0 Å². The number of phenols is 1. The minimum absolute atomic E-state index is 0.00725. The quantitative estimate of drug-likeness (QED) is 0.610. The molecule has 2 fully saturated rings.